The number of hydrogen-bond donors (Lipinski definition) is 1. The molecule has 122 valence electrons. The Morgan fingerprint density at radius 2 is 1.74 bits per heavy atom. The molecule has 0 amide bonds. The van der Waals surface area contributed by atoms with Gasteiger partial charge in [0, 0.05) is 29.0 Å². The standard InChI is InChI=1S/C18H23N3O2/c1-17(2,3)13-8-12(21-15-10-19-6-7-20-15)9-14(16(13)23)18(4,5)11-22/h6-10,22H,11H2,1-5H3. The molecule has 1 heterocycles. The lowest BCUT2D eigenvalue weighted by atomic mass is 9.72. The van der Waals surface area contributed by atoms with Crippen LogP contribution in [0.5, 0.6) is 0 Å². The van der Waals surface area contributed by atoms with Gasteiger partial charge in [-0.25, -0.2) is 9.98 Å². The van der Waals surface area contributed by atoms with Crippen LogP contribution in [0.4, 0.5) is 5.82 Å². The van der Waals surface area contributed by atoms with E-state index >= 15 is 0 Å². The van der Waals surface area contributed by atoms with Gasteiger partial charge in [0.1, 0.15) is 0 Å². The van der Waals surface area contributed by atoms with Crippen molar-refractivity contribution in [2.45, 2.75) is 34.6 Å². The van der Waals surface area contributed by atoms with Crippen molar-refractivity contribution in [3.8, 4) is 0 Å². The van der Waals surface area contributed by atoms with Crippen LogP contribution in [-0.4, -0.2) is 33.2 Å². The number of hydrogen-bond acceptors (Lipinski definition) is 5. The molecule has 0 unspecified atom stereocenters. The second kappa shape index (κ2) is 6.16. The Hall–Kier alpha value is -2.14. The van der Waals surface area contributed by atoms with E-state index in [1.54, 1.807) is 30.7 Å². The average Bonchev–Trinajstić information content (AvgIpc) is 2.48. The molecule has 0 bridgehead atoms. The van der Waals surface area contributed by atoms with Crippen LogP contribution in [0.2, 0.25) is 0 Å². The van der Waals surface area contributed by atoms with Gasteiger partial charge in [0.05, 0.1) is 18.5 Å². The summed E-state index contributed by atoms with van der Waals surface area (Å²) < 4.78 is 0. The molecule has 0 spiro atoms. The lowest BCUT2D eigenvalue weighted by Gasteiger charge is -2.32. The quantitative estimate of drug-likeness (QED) is 0.870. The Morgan fingerprint density at radius 1 is 1.09 bits per heavy atom. The molecule has 1 aliphatic rings. The van der Waals surface area contributed by atoms with Crippen molar-refractivity contribution in [1.29, 1.82) is 0 Å². The van der Waals surface area contributed by atoms with Crippen molar-refractivity contribution >= 4 is 17.3 Å². The number of carbonyl (C=O) groups excluding carboxylic acids is 1. The van der Waals surface area contributed by atoms with Crippen LogP contribution in [0.25, 0.3) is 0 Å². The van der Waals surface area contributed by atoms with Crippen molar-refractivity contribution in [2.24, 2.45) is 15.8 Å². The summed E-state index contributed by atoms with van der Waals surface area (Å²) in [6, 6.07) is 0. The van der Waals surface area contributed by atoms with Crippen LogP contribution < -0.4 is 0 Å². The summed E-state index contributed by atoms with van der Waals surface area (Å²) in [5.74, 6) is 0.452. The van der Waals surface area contributed by atoms with Gasteiger partial charge in [0.2, 0.25) is 0 Å². The van der Waals surface area contributed by atoms with Gasteiger partial charge < -0.3 is 5.11 Å². The van der Waals surface area contributed by atoms with Gasteiger partial charge in [-0.05, 0) is 17.6 Å². The van der Waals surface area contributed by atoms with Crippen molar-refractivity contribution in [2.75, 3.05) is 6.61 Å². The van der Waals surface area contributed by atoms with Gasteiger partial charge in [0.15, 0.2) is 11.6 Å². The SMILES string of the molecule is CC(C)(C)C1=CC(=Nc2cnccn2)C=C(C(C)(C)CO)C1=O. The fourth-order valence-corrected chi connectivity index (χ4v) is 2.30. The van der Waals surface area contributed by atoms with Crippen molar-refractivity contribution in [3.05, 3.63) is 41.9 Å². The highest BCUT2D eigenvalue weighted by Gasteiger charge is 2.36. The van der Waals surface area contributed by atoms with E-state index in [-0.39, 0.29) is 17.8 Å². The number of rotatable bonds is 3. The van der Waals surface area contributed by atoms with Gasteiger partial charge in [0.25, 0.3) is 0 Å². The predicted octanol–water partition coefficient (Wildman–Crippen LogP) is 3.05. The number of allylic oxidation sites excluding steroid dienone is 3. The Labute approximate surface area is 136 Å². The molecule has 0 saturated heterocycles. The Bertz CT molecular complexity index is 693. The molecule has 0 aromatic carbocycles. The monoisotopic (exact) mass is 313 g/mol. The van der Waals surface area contributed by atoms with Gasteiger partial charge in [-0.3, -0.25) is 9.78 Å². The molecule has 2 rings (SSSR count). The molecule has 0 aliphatic heterocycles. The number of aliphatic imine (C=N–C) groups is 1. The number of nitrogens with zero attached hydrogens (tertiary/aromatic N) is 3. The molecule has 5 heteroatoms. The fourth-order valence-electron chi connectivity index (χ4n) is 2.30. The van der Waals surface area contributed by atoms with Crippen LogP contribution in [0.1, 0.15) is 34.6 Å². The molecule has 0 fully saturated rings. The van der Waals surface area contributed by atoms with E-state index in [9.17, 15) is 9.90 Å². The van der Waals surface area contributed by atoms with E-state index in [1.807, 2.05) is 34.6 Å². The van der Waals surface area contributed by atoms with Crippen LogP contribution in [0.15, 0.2) is 46.9 Å². The zero-order chi connectivity index (χ0) is 17.3. The normalized spacial score (nSPS) is 18.0. The van der Waals surface area contributed by atoms with E-state index in [1.165, 1.54) is 0 Å². The molecule has 0 radical (unpaired) electrons. The van der Waals surface area contributed by atoms with Crippen LogP contribution >= 0.6 is 0 Å². The Balaban J connectivity index is 2.58. The topological polar surface area (TPSA) is 75.4 Å². The number of carbonyl (C=O) groups is 1. The van der Waals surface area contributed by atoms with Crippen LogP contribution in [0, 0.1) is 10.8 Å². The first-order chi connectivity index (χ1) is 10.6. The van der Waals surface area contributed by atoms with E-state index < -0.39 is 5.41 Å². The number of aliphatic hydroxyl groups excluding tert-OH is 1. The molecular weight excluding hydrogens is 290 g/mol. The molecular formula is C18H23N3O2. The largest absolute Gasteiger partial charge is 0.395 e. The Morgan fingerprint density at radius 3 is 2.26 bits per heavy atom. The zero-order valence-electron chi connectivity index (χ0n) is 14.3. The van der Waals surface area contributed by atoms with Crippen LogP contribution in [0.3, 0.4) is 0 Å². The minimum Gasteiger partial charge on any atom is -0.395 e. The lowest BCUT2D eigenvalue weighted by molar-refractivity contribution is -0.114. The summed E-state index contributed by atoms with van der Waals surface area (Å²) >= 11 is 0. The average molecular weight is 313 g/mol. The van der Waals surface area contributed by atoms with E-state index in [0.29, 0.717) is 22.7 Å². The summed E-state index contributed by atoms with van der Waals surface area (Å²) in [6.45, 7) is 9.56. The molecule has 0 atom stereocenters. The minimum absolute atomic E-state index is 0.0327. The molecule has 23 heavy (non-hydrogen) atoms. The third-order valence-corrected chi connectivity index (χ3v) is 3.80. The molecule has 1 aliphatic carbocycles. The lowest BCUT2D eigenvalue weighted by Crippen LogP contribution is -2.32. The summed E-state index contributed by atoms with van der Waals surface area (Å²) in [5.41, 5.74) is 0.941. The molecule has 5 nitrogen and oxygen atoms in total. The van der Waals surface area contributed by atoms with Crippen molar-refractivity contribution < 1.29 is 9.90 Å². The first kappa shape index (κ1) is 17.2. The molecule has 1 aromatic heterocycles. The highest BCUT2D eigenvalue weighted by Crippen LogP contribution is 2.37. The molecule has 0 saturated carbocycles. The maximum absolute atomic E-state index is 12.8. The molecule has 1 N–H and O–H groups in total. The highest BCUT2D eigenvalue weighted by molar-refractivity contribution is 6.23. The number of aliphatic hydroxyl groups is 1. The summed E-state index contributed by atoms with van der Waals surface area (Å²) in [4.78, 5) is 25.5. The maximum atomic E-state index is 12.8. The smallest absolute Gasteiger partial charge is 0.186 e. The number of ketones is 1. The summed E-state index contributed by atoms with van der Waals surface area (Å²) in [7, 11) is 0. The van der Waals surface area contributed by atoms with Crippen LogP contribution in [-0.2, 0) is 4.79 Å². The van der Waals surface area contributed by atoms with Gasteiger partial charge in [-0.15, -0.1) is 0 Å². The zero-order valence-corrected chi connectivity index (χ0v) is 14.3. The number of aromatic nitrogens is 2. The fraction of sp³-hybridized carbons (Fsp3) is 0.444. The minimum atomic E-state index is -0.634. The van der Waals surface area contributed by atoms with E-state index in [2.05, 4.69) is 15.0 Å². The van der Waals surface area contributed by atoms with E-state index in [0.717, 1.165) is 0 Å². The first-order valence-electron chi connectivity index (χ1n) is 7.60. The summed E-state index contributed by atoms with van der Waals surface area (Å²) in [5, 5.41) is 9.65. The second-order valence-corrected chi connectivity index (χ2v) is 7.34. The maximum Gasteiger partial charge on any atom is 0.186 e. The van der Waals surface area contributed by atoms with Crippen molar-refractivity contribution in [1.82, 2.24) is 9.97 Å². The summed E-state index contributed by atoms with van der Waals surface area (Å²) in [6.07, 6.45) is 8.26. The molecule has 1 aromatic rings. The number of Topliss-reactive ketones (excluding diaryl/α,β-unsaturated/α-hetero) is 1. The van der Waals surface area contributed by atoms with Gasteiger partial charge in [-0.2, -0.15) is 0 Å². The Kier molecular flexibility index (Phi) is 4.61. The third kappa shape index (κ3) is 3.79. The highest BCUT2D eigenvalue weighted by atomic mass is 16.3. The third-order valence-electron chi connectivity index (χ3n) is 3.80. The van der Waals surface area contributed by atoms with Gasteiger partial charge >= 0.3 is 0 Å². The van der Waals surface area contributed by atoms with Crippen molar-refractivity contribution in [3.63, 3.8) is 0 Å². The first-order valence-corrected chi connectivity index (χ1v) is 7.60. The van der Waals surface area contributed by atoms with Gasteiger partial charge in [-0.1, -0.05) is 34.6 Å². The predicted molar refractivity (Wildman–Crippen MR) is 90.6 cm³/mol. The van der Waals surface area contributed by atoms with E-state index in [4.69, 9.17) is 0 Å². The second-order valence-electron chi connectivity index (χ2n) is 7.34.